The summed E-state index contributed by atoms with van der Waals surface area (Å²) < 4.78 is 5.05. The van der Waals surface area contributed by atoms with E-state index in [1.165, 1.54) is 5.56 Å². The molecule has 0 aliphatic carbocycles. The van der Waals surface area contributed by atoms with E-state index in [-0.39, 0.29) is 0 Å². The van der Waals surface area contributed by atoms with Gasteiger partial charge in [0.2, 0.25) is 0 Å². The number of rotatable bonds is 2. The zero-order chi connectivity index (χ0) is 8.43. The Kier molecular flexibility index (Phi) is 2.60. The fourth-order valence-corrected chi connectivity index (χ4v) is 1.99. The van der Waals surface area contributed by atoms with E-state index in [1.54, 1.807) is 0 Å². The molecule has 11 heavy (non-hydrogen) atoms. The first-order valence-corrected chi connectivity index (χ1v) is 5.78. The van der Waals surface area contributed by atoms with Crippen molar-refractivity contribution in [3.63, 3.8) is 0 Å². The summed E-state index contributed by atoms with van der Waals surface area (Å²) in [6, 6.07) is 0. The van der Waals surface area contributed by atoms with Crippen LogP contribution in [0.5, 0.6) is 0 Å². The molecule has 0 unspecified atom stereocenters. The third-order valence-corrected chi connectivity index (χ3v) is 2.48. The minimum atomic E-state index is 0.435. The van der Waals surface area contributed by atoms with E-state index in [2.05, 4.69) is 17.7 Å². The molecule has 0 N–H and O–H groups in total. The maximum absolute atomic E-state index is 5.05. The van der Waals surface area contributed by atoms with Gasteiger partial charge in [-0.2, -0.15) is 0 Å². The van der Waals surface area contributed by atoms with Crippen LogP contribution in [0.1, 0.15) is 17.0 Å². The van der Waals surface area contributed by atoms with E-state index in [0.717, 1.165) is 17.2 Å². The van der Waals surface area contributed by atoms with Gasteiger partial charge in [-0.3, -0.25) is 0 Å². The first-order chi connectivity index (χ1) is 5.11. The monoisotopic (exact) mass is 172 g/mol. The smallest absolute Gasteiger partial charge is 0.141 e. The Bertz CT molecular complexity index is 223. The summed E-state index contributed by atoms with van der Waals surface area (Å²) in [4.78, 5) is 0. The fraction of sp³-hybridized carbons (Fsp3) is 0.625. The fourth-order valence-electron chi connectivity index (χ4n) is 0.997. The van der Waals surface area contributed by atoms with Crippen LogP contribution in [0.25, 0.3) is 0 Å². The predicted octanol–water partition coefficient (Wildman–Crippen LogP) is 1.67. The van der Waals surface area contributed by atoms with Gasteiger partial charge in [-0.1, -0.05) is 5.16 Å². The van der Waals surface area contributed by atoms with Crippen molar-refractivity contribution in [3.8, 4) is 0 Å². The molecule has 0 spiro atoms. The zero-order valence-corrected chi connectivity index (χ0v) is 8.29. The lowest BCUT2D eigenvalue weighted by Gasteiger charge is -1.94. The number of hydrogen-bond donors (Lipinski definition) is 0. The number of aromatic nitrogens is 1. The molecule has 0 aromatic carbocycles. The standard InChI is InChI=1S/C8H14NOS/c1-6-8(5-11(3)4)7(2)10-9-6/h5H2,1-4H3/q+1. The van der Waals surface area contributed by atoms with Gasteiger partial charge in [0.1, 0.15) is 11.5 Å². The van der Waals surface area contributed by atoms with E-state index >= 15 is 0 Å². The molecule has 0 amide bonds. The van der Waals surface area contributed by atoms with Crippen molar-refractivity contribution in [1.82, 2.24) is 5.16 Å². The molecule has 2 nitrogen and oxygen atoms in total. The first kappa shape index (κ1) is 8.65. The van der Waals surface area contributed by atoms with Crippen LogP contribution in [0.3, 0.4) is 0 Å². The quantitative estimate of drug-likeness (QED) is 0.634. The van der Waals surface area contributed by atoms with Gasteiger partial charge < -0.3 is 4.52 Å². The van der Waals surface area contributed by atoms with Gasteiger partial charge in [-0.25, -0.2) is 0 Å². The van der Waals surface area contributed by atoms with Crippen molar-refractivity contribution < 1.29 is 4.52 Å². The molecular weight excluding hydrogens is 158 g/mol. The van der Waals surface area contributed by atoms with E-state index in [1.807, 2.05) is 13.8 Å². The Morgan fingerprint density at radius 2 is 2.00 bits per heavy atom. The van der Waals surface area contributed by atoms with Gasteiger partial charge in [0.05, 0.1) is 23.8 Å². The molecule has 0 aliphatic rings. The predicted molar refractivity (Wildman–Crippen MR) is 48.9 cm³/mol. The molecular formula is C8H14NOS+. The summed E-state index contributed by atoms with van der Waals surface area (Å²) in [6.07, 6.45) is 4.46. The second-order valence-electron chi connectivity index (χ2n) is 2.93. The third-order valence-electron chi connectivity index (χ3n) is 1.61. The Morgan fingerprint density at radius 1 is 1.36 bits per heavy atom. The van der Waals surface area contributed by atoms with Crippen LogP contribution in [-0.4, -0.2) is 17.7 Å². The minimum absolute atomic E-state index is 0.435. The van der Waals surface area contributed by atoms with Gasteiger partial charge >= 0.3 is 0 Å². The lowest BCUT2D eigenvalue weighted by molar-refractivity contribution is 0.392. The van der Waals surface area contributed by atoms with E-state index in [0.29, 0.717) is 10.9 Å². The highest BCUT2D eigenvalue weighted by Crippen LogP contribution is 2.14. The molecule has 0 radical (unpaired) electrons. The molecule has 62 valence electrons. The Balaban J connectivity index is 2.83. The van der Waals surface area contributed by atoms with E-state index in [9.17, 15) is 0 Å². The van der Waals surface area contributed by atoms with Gasteiger partial charge in [0.15, 0.2) is 0 Å². The van der Waals surface area contributed by atoms with Crippen LogP contribution in [-0.2, 0) is 16.6 Å². The highest BCUT2D eigenvalue weighted by Gasteiger charge is 2.14. The lowest BCUT2D eigenvalue weighted by Crippen LogP contribution is -2.00. The second kappa shape index (κ2) is 3.30. The highest BCUT2D eigenvalue weighted by molar-refractivity contribution is 7.94. The Morgan fingerprint density at radius 3 is 2.36 bits per heavy atom. The summed E-state index contributed by atoms with van der Waals surface area (Å²) in [7, 11) is 0.435. The average Bonchev–Trinajstić information content (AvgIpc) is 2.18. The molecule has 1 aromatic heterocycles. The second-order valence-corrected chi connectivity index (χ2v) is 5.19. The van der Waals surface area contributed by atoms with Crippen molar-refractivity contribution in [3.05, 3.63) is 17.0 Å². The van der Waals surface area contributed by atoms with Crippen molar-refractivity contribution in [1.29, 1.82) is 0 Å². The highest BCUT2D eigenvalue weighted by atomic mass is 32.2. The van der Waals surface area contributed by atoms with Crippen molar-refractivity contribution >= 4 is 10.9 Å². The molecule has 0 bridgehead atoms. The Hall–Kier alpha value is -0.440. The van der Waals surface area contributed by atoms with Gasteiger partial charge in [-0.15, -0.1) is 0 Å². The molecule has 1 heterocycles. The molecule has 0 saturated carbocycles. The van der Waals surface area contributed by atoms with Gasteiger partial charge in [0.25, 0.3) is 0 Å². The van der Waals surface area contributed by atoms with Gasteiger partial charge in [0, 0.05) is 0 Å². The Labute approximate surface area is 70.3 Å². The number of aryl methyl sites for hydroxylation is 2. The van der Waals surface area contributed by atoms with Crippen molar-refractivity contribution in [2.45, 2.75) is 19.6 Å². The summed E-state index contributed by atoms with van der Waals surface area (Å²) >= 11 is 0. The topological polar surface area (TPSA) is 26.0 Å². The number of nitrogens with zero attached hydrogens (tertiary/aromatic N) is 1. The van der Waals surface area contributed by atoms with Crippen LogP contribution in [0.2, 0.25) is 0 Å². The molecule has 0 fully saturated rings. The molecule has 0 atom stereocenters. The van der Waals surface area contributed by atoms with E-state index < -0.39 is 0 Å². The summed E-state index contributed by atoms with van der Waals surface area (Å²) in [6.45, 7) is 3.97. The zero-order valence-electron chi connectivity index (χ0n) is 7.47. The van der Waals surface area contributed by atoms with Gasteiger partial charge in [-0.05, 0) is 24.7 Å². The van der Waals surface area contributed by atoms with Crippen molar-refractivity contribution in [2.24, 2.45) is 0 Å². The molecule has 1 rings (SSSR count). The maximum atomic E-state index is 5.05. The third kappa shape index (κ3) is 1.99. The van der Waals surface area contributed by atoms with Crippen LogP contribution < -0.4 is 0 Å². The molecule has 0 saturated heterocycles. The van der Waals surface area contributed by atoms with Crippen LogP contribution >= 0.6 is 0 Å². The normalized spacial score (nSPS) is 11.0. The van der Waals surface area contributed by atoms with Crippen molar-refractivity contribution in [2.75, 3.05) is 12.5 Å². The lowest BCUT2D eigenvalue weighted by atomic mass is 10.2. The average molecular weight is 172 g/mol. The molecule has 0 aliphatic heterocycles. The van der Waals surface area contributed by atoms with Crippen LogP contribution in [0.15, 0.2) is 4.52 Å². The maximum Gasteiger partial charge on any atom is 0.141 e. The molecule has 3 heteroatoms. The summed E-state index contributed by atoms with van der Waals surface area (Å²) in [5, 5.41) is 3.90. The summed E-state index contributed by atoms with van der Waals surface area (Å²) in [5.74, 6) is 2.07. The largest absolute Gasteiger partial charge is 0.361 e. The first-order valence-electron chi connectivity index (χ1n) is 3.57. The number of hydrogen-bond acceptors (Lipinski definition) is 2. The van der Waals surface area contributed by atoms with E-state index in [4.69, 9.17) is 4.52 Å². The van der Waals surface area contributed by atoms with Crippen LogP contribution in [0.4, 0.5) is 0 Å². The minimum Gasteiger partial charge on any atom is -0.361 e. The molecule has 1 aromatic rings. The SMILES string of the molecule is Cc1noc(C)c1C[S+](C)C. The van der Waals surface area contributed by atoms with Crippen LogP contribution in [0, 0.1) is 13.8 Å². The summed E-state index contributed by atoms with van der Waals surface area (Å²) in [5.41, 5.74) is 2.34.